The number of aromatic carboxylic acids is 1. The summed E-state index contributed by atoms with van der Waals surface area (Å²) in [6, 6.07) is 11.2. The maximum atomic E-state index is 11.1. The molecule has 0 amide bonds. The van der Waals surface area contributed by atoms with Crippen molar-refractivity contribution in [1.82, 2.24) is 9.78 Å². The Bertz CT molecular complexity index is 532. The number of hydrogen-bond acceptors (Lipinski definition) is 2. The van der Waals surface area contributed by atoms with Crippen LogP contribution in [0.3, 0.4) is 0 Å². The van der Waals surface area contributed by atoms with E-state index in [1.54, 1.807) is 17.7 Å². The van der Waals surface area contributed by atoms with Crippen molar-refractivity contribution in [3.8, 4) is 0 Å². The molecule has 0 saturated heterocycles. The van der Waals surface area contributed by atoms with Crippen LogP contribution in [0.5, 0.6) is 0 Å². The molecule has 0 spiro atoms. The molecule has 0 radical (unpaired) electrons. The monoisotopic (exact) mass is 230 g/mol. The Kier molecular flexibility index (Phi) is 2.95. The van der Waals surface area contributed by atoms with E-state index in [1.165, 1.54) is 0 Å². The van der Waals surface area contributed by atoms with Crippen molar-refractivity contribution in [2.45, 2.75) is 19.9 Å². The number of hydrogen-bond donors (Lipinski definition) is 1. The molecular weight excluding hydrogens is 216 g/mol. The molecule has 1 heterocycles. The van der Waals surface area contributed by atoms with Gasteiger partial charge in [0.05, 0.1) is 11.7 Å². The van der Waals surface area contributed by atoms with Gasteiger partial charge in [-0.3, -0.25) is 4.68 Å². The van der Waals surface area contributed by atoms with Crippen molar-refractivity contribution < 1.29 is 9.90 Å². The summed E-state index contributed by atoms with van der Waals surface area (Å²) >= 11 is 0. The number of carboxylic acid groups (broad SMARTS) is 1. The normalized spacial score (nSPS) is 12.4. The van der Waals surface area contributed by atoms with Crippen LogP contribution in [0, 0.1) is 6.92 Å². The number of carbonyl (C=O) groups is 1. The first kappa shape index (κ1) is 11.4. The van der Waals surface area contributed by atoms with Crippen molar-refractivity contribution in [1.29, 1.82) is 0 Å². The molecule has 17 heavy (non-hydrogen) atoms. The molecule has 1 atom stereocenters. The molecule has 88 valence electrons. The molecule has 4 heteroatoms. The van der Waals surface area contributed by atoms with E-state index in [1.807, 2.05) is 37.3 Å². The molecule has 0 aliphatic rings. The molecule has 0 aliphatic heterocycles. The van der Waals surface area contributed by atoms with E-state index in [2.05, 4.69) is 5.10 Å². The molecule has 4 nitrogen and oxygen atoms in total. The van der Waals surface area contributed by atoms with E-state index in [4.69, 9.17) is 5.11 Å². The van der Waals surface area contributed by atoms with Crippen molar-refractivity contribution in [2.24, 2.45) is 0 Å². The molecule has 1 aromatic heterocycles. The topological polar surface area (TPSA) is 55.1 Å². The number of rotatable bonds is 3. The Morgan fingerprint density at radius 1 is 1.35 bits per heavy atom. The highest BCUT2D eigenvalue weighted by atomic mass is 16.4. The second-order valence-corrected chi connectivity index (χ2v) is 4.01. The van der Waals surface area contributed by atoms with Gasteiger partial charge in [0, 0.05) is 0 Å². The van der Waals surface area contributed by atoms with Gasteiger partial charge in [-0.1, -0.05) is 30.3 Å². The molecule has 2 aromatic rings. The minimum atomic E-state index is -0.951. The summed E-state index contributed by atoms with van der Waals surface area (Å²) < 4.78 is 1.55. The number of carboxylic acids is 1. The SMILES string of the molecule is Cc1cc(C(=O)O)n(C(C)c2ccccc2)n1. The Morgan fingerprint density at radius 2 is 2.00 bits per heavy atom. The Hall–Kier alpha value is -2.10. The van der Waals surface area contributed by atoms with E-state index in [0.717, 1.165) is 5.56 Å². The van der Waals surface area contributed by atoms with E-state index >= 15 is 0 Å². The zero-order chi connectivity index (χ0) is 12.4. The highest BCUT2D eigenvalue weighted by molar-refractivity contribution is 5.85. The summed E-state index contributed by atoms with van der Waals surface area (Å²) in [6.07, 6.45) is 0. The van der Waals surface area contributed by atoms with Gasteiger partial charge in [0.1, 0.15) is 5.69 Å². The van der Waals surface area contributed by atoms with Gasteiger partial charge in [0.25, 0.3) is 0 Å². The molecule has 0 aliphatic carbocycles. The summed E-state index contributed by atoms with van der Waals surface area (Å²) in [7, 11) is 0. The summed E-state index contributed by atoms with van der Waals surface area (Å²) in [6.45, 7) is 3.73. The lowest BCUT2D eigenvalue weighted by molar-refractivity contribution is 0.0682. The van der Waals surface area contributed by atoms with Gasteiger partial charge < -0.3 is 5.11 Å². The van der Waals surface area contributed by atoms with Gasteiger partial charge in [-0.25, -0.2) is 4.79 Å². The predicted octanol–water partition coefficient (Wildman–Crippen LogP) is 2.50. The molecule has 0 saturated carbocycles. The summed E-state index contributed by atoms with van der Waals surface area (Å²) in [5.41, 5.74) is 1.97. The standard InChI is InChI=1S/C13H14N2O2/c1-9-8-12(13(16)17)15(14-9)10(2)11-6-4-3-5-7-11/h3-8,10H,1-2H3,(H,16,17). The van der Waals surface area contributed by atoms with E-state index in [9.17, 15) is 4.79 Å². The lowest BCUT2D eigenvalue weighted by atomic mass is 10.1. The van der Waals surface area contributed by atoms with Crippen LogP contribution in [0.4, 0.5) is 0 Å². The molecule has 1 N–H and O–H groups in total. The minimum Gasteiger partial charge on any atom is -0.477 e. The second kappa shape index (κ2) is 4.41. The van der Waals surface area contributed by atoms with Crippen LogP contribution in [0.2, 0.25) is 0 Å². The van der Waals surface area contributed by atoms with Crippen molar-refractivity contribution in [3.05, 3.63) is 53.3 Å². The van der Waals surface area contributed by atoms with Crippen LogP contribution in [-0.4, -0.2) is 20.9 Å². The fourth-order valence-corrected chi connectivity index (χ4v) is 1.84. The van der Waals surface area contributed by atoms with Crippen LogP contribution >= 0.6 is 0 Å². The maximum Gasteiger partial charge on any atom is 0.354 e. The third-order valence-electron chi connectivity index (χ3n) is 2.73. The van der Waals surface area contributed by atoms with Crippen molar-refractivity contribution >= 4 is 5.97 Å². The van der Waals surface area contributed by atoms with Crippen LogP contribution in [-0.2, 0) is 0 Å². The lowest BCUT2D eigenvalue weighted by Crippen LogP contribution is -2.15. The molecule has 1 unspecified atom stereocenters. The van der Waals surface area contributed by atoms with Gasteiger partial charge in [-0.15, -0.1) is 0 Å². The largest absolute Gasteiger partial charge is 0.477 e. The first-order valence-electron chi connectivity index (χ1n) is 5.44. The maximum absolute atomic E-state index is 11.1. The Morgan fingerprint density at radius 3 is 2.59 bits per heavy atom. The summed E-state index contributed by atoms with van der Waals surface area (Å²) in [5, 5.41) is 13.4. The Labute approximate surface area is 99.5 Å². The number of nitrogens with zero attached hydrogens (tertiary/aromatic N) is 2. The van der Waals surface area contributed by atoms with Gasteiger partial charge in [0.15, 0.2) is 0 Å². The number of aryl methyl sites for hydroxylation is 1. The third-order valence-corrected chi connectivity index (χ3v) is 2.73. The van der Waals surface area contributed by atoms with Gasteiger partial charge in [0.2, 0.25) is 0 Å². The van der Waals surface area contributed by atoms with Crippen LogP contribution in [0.25, 0.3) is 0 Å². The van der Waals surface area contributed by atoms with Crippen molar-refractivity contribution in [2.75, 3.05) is 0 Å². The molecular formula is C13H14N2O2. The zero-order valence-electron chi connectivity index (χ0n) is 9.79. The van der Waals surface area contributed by atoms with E-state index in [0.29, 0.717) is 5.69 Å². The highest BCUT2D eigenvalue weighted by Gasteiger charge is 2.17. The summed E-state index contributed by atoms with van der Waals surface area (Å²) in [4.78, 5) is 11.1. The van der Waals surface area contributed by atoms with E-state index in [-0.39, 0.29) is 11.7 Å². The third kappa shape index (κ3) is 2.20. The van der Waals surface area contributed by atoms with Crippen LogP contribution in [0.15, 0.2) is 36.4 Å². The molecule has 2 rings (SSSR count). The average molecular weight is 230 g/mol. The predicted molar refractivity (Wildman–Crippen MR) is 64.2 cm³/mol. The fourth-order valence-electron chi connectivity index (χ4n) is 1.84. The Balaban J connectivity index is 2.44. The molecule has 0 fully saturated rings. The zero-order valence-corrected chi connectivity index (χ0v) is 9.79. The first-order chi connectivity index (χ1) is 8.09. The number of aromatic nitrogens is 2. The van der Waals surface area contributed by atoms with Crippen LogP contribution in [0.1, 0.15) is 34.7 Å². The van der Waals surface area contributed by atoms with Crippen LogP contribution < -0.4 is 0 Å². The lowest BCUT2D eigenvalue weighted by Gasteiger charge is -2.14. The quantitative estimate of drug-likeness (QED) is 0.881. The smallest absolute Gasteiger partial charge is 0.354 e. The fraction of sp³-hybridized carbons (Fsp3) is 0.231. The van der Waals surface area contributed by atoms with Gasteiger partial charge in [-0.2, -0.15) is 5.10 Å². The van der Waals surface area contributed by atoms with Gasteiger partial charge in [-0.05, 0) is 25.5 Å². The van der Waals surface area contributed by atoms with Gasteiger partial charge >= 0.3 is 5.97 Å². The summed E-state index contributed by atoms with van der Waals surface area (Å²) in [5.74, 6) is -0.951. The number of benzene rings is 1. The van der Waals surface area contributed by atoms with Crippen molar-refractivity contribution in [3.63, 3.8) is 0 Å². The molecule has 0 bridgehead atoms. The molecule has 1 aromatic carbocycles. The van der Waals surface area contributed by atoms with E-state index < -0.39 is 5.97 Å². The highest BCUT2D eigenvalue weighted by Crippen LogP contribution is 2.19. The first-order valence-corrected chi connectivity index (χ1v) is 5.44. The second-order valence-electron chi connectivity index (χ2n) is 4.01. The average Bonchev–Trinajstić information content (AvgIpc) is 2.72. The minimum absolute atomic E-state index is 0.0870.